The van der Waals surface area contributed by atoms with Crippen LogP contribution in [0.3, 0.4) is 0 Å². The van der Waals surface area contributed by atoms with E-state index in [1.165, 1.54) is 6.07 Å². The number of hydrogen-bond donors (Lipinski definition) is 3. The van der Waals surface area contributed by atoms with Gasteiger partial charge in [0.25, 0.3) is 5.69 Å². The van der Waals surface area contributed by atoms with Crippen molar-refractivity contribution < 1.29 is 9.31 Å². The molecular formula is C9H6BrFN6O2. The second kappa shape index (κ2) is 5.87. The van der Waals surface area contributed by atoms with Crippen LogP contribution in [0.1, 0.15) is 0 Å². The SMILES string of the molecule is N#C/C(=N\Nc1cc(Br)c([N+](=O)[O-])cc1F)C(=N)N. The average molecular weight is 329 g/mol. The molecule has 10 heteroatoms. The van der Waals surface area contributed by atoms with Gasteiger partial charge in [0, 0.05) is 0 Å². The summed E-state index contributed by atoms with van der Waals surface area (Å²) in [4.78, 5) is 9.81. The van der Waals surface area contributed by atoms with E-state index < -0.39 is 28.0 Å². The highest BCUT2D eigenvalue weighted by atomic mass is 79.9. The minimum absolute atomic E-state index is 0.0398. The van der Waals surface area contributed by atoms with Crippen molar-refractivity contribution in [2.45, 2.75) is 0 Å². The maximum atomic E-state index is 13.5. The topological polar surface area (TPSA) is 141 Å². The van der Waals surface area contributed by atoms with Crippen LogP contribution in [0.25, 0.3) is 0 Å². The molecule has 0 aliphatic rings. The number of nitrogens with two attached hydrogens (primary N) is 1. The van der Waals surface area contributed by atoms with Gasteiger partial charge in [0.1, 0.15) is 6.07 Å². The summed E-state index contributed by atoms with van der Waals surface area (Å²) in [7, 11) is 0. The fraction of sp³-hybridized carbons (Fsp3) is 0. The minimum Gasteiger partial charge on any atom is -0.382 e. The van der Waals surface area contributed by atoms with Gasteiger partial charge in [0.05, 0.1) is 21.1 Å². The molecule has 0 aliphatic carbocycles. The van der Waals surface area contributed by atoms with E-state index in [0.29, 0.717) is 6.07 Å². The van der Waals surface area contributed by atoms with Crippen LogP contribution in [0.15, 0.2) is 21.7 Å². The first-order chi connectivity index (χ1) is 8.86. The molecule has 0 saturated carbocycles. The summed E-state index contributed by atoms with van der Waals surface area (Å²) in [6.07, 6.45) is 0. The van der Waals surface area contributed by atoms with Crippen molar-refractivity contribution in [1.82, 2.24) is 0 Å². The highest BCUT2D eigenvalue weighted by Gasteiger charge is 2.16. The van der Waals surface area contributed by atoms with Gasteiger partial charge in [-0.15, -0.1) is 0 Å². The molecule has 0 spiro atoms. The number of hydrogen-bond acceptors (Lipinski definition) is 6. The lowest BCUT2D eigenvalue weighted by Gasteiger charge is -2.04. The van der Waals surface area contributed by atoms with E-state index in [4.69, 9.17) is 16.4 Å². The molecule has 4 N–H and O–H groups in total. The molecule has 0 unspecified atom stereocenters. The number of benzene rings is 1. The molecule has 0 heterocycles. The van der Waals surface area contributed by atoms with E-state index in [-0.39, 0.29) is 10.2 Å². The fourth-order valence-corrected chi connectivity index (χ4v) is 1.51. The highest BCUT2D eigenvalue weighted by Crippen LogP contribution is 2.30. The first kappa shape index (κ1) is 14.5. The third-order valence-corrected chi connectivity index (χ3v) is 2.52. The van der Waals surface area contributed by atoms with Crippen molar-refractivity contribution in [3.05, 3.63) is 32.5 Å². The molecule has 1 aromatic rings. The van der Waals surface area contributed by atoms with E-state index in [9.17, 15) is 14.5 Å². The molecular weight excluding hydrogens is 323 g/mol. The Morgan fingerprint density at radius 1 is 1.68 bits per heavy atom. The smallest absolute Gasteiger partial charge is 0.286 e. The Hall–Kier alpha value is -2.54. The molecule has 0 aliphatic heterocycles. The van der Waals surface area contributed by atoms with Crippen LogP contribution in [0, 0.1) is 32.7 Å². The van der Waals surface area contributed by atoms with E-state index in [0.717, 1.165) is 6.07 Å². The highest BCUT2D eigenvalue weighted by molar-refractivity contribution is 9.10. The molecule has 0 amide bonds. The zero-order valence-electron chi connectivity index (χ0n) is 9.15. The monoisotopic (exact) mass is 328 g/mol. The third-order valence-electron chi connectivity index (χ3n) is 1.88. The fourth-order valence-electron chi connectivity index (χ4n) is 1.02. The molecule has 19 heavy (non-hydrogen) atoms. The first-order valence-electron chi connectivity index (χ1n) is 4.58. The Morgan fingerprint density at radius 3 is 2.79 bits per heavy atom. The quantitative estimate of drug-likeness (QED) is 0.334. The Kier molecular flexibility index (Phi) is 4.49. The Balaban J connectivity index is 3.11. The number of nitro groups is 1. The molecule has 0 aromatic heterocycles. The van der Waals surface area contributed by atoms with E-state index in [1.54, 1.807) is 0 Å². The molecule has 0 radical (unpaired) electrons. The summed E-state index contributed by atoms with van der Waals surface area (Å²) in [6.45, 7) is 0. The molecule has 0 bridgehead atoms. The second-order valence-corrected chi connectivity index (χ2v) is 3.99. The van der Waals surface area contributed by atoms with Gasteiger partial charge < -0.3 is 5.73 Å². The lowest BCUT2D eigenvalue weighted by molar-refractivity contribution is -0.385. The van der Waals surface area contributed by atoms with Crippen LogP contribution in [-0.2, 0) is 0 Å². The average Bonchev–Trinajstić information content (AvgIpc) is 2.32. The molecule has 1 rings (SSSR count). The number of halogens is 2. The van der Waals surface area contributed by atoms with Crippen molar-refractivity contribution in [1.29, 1.82) is 10.7 Å². The predicted molar refractivity (Wildman–Crippen MR) is 69.3 cm³/mol. The summed E-state index contributed by atoms with van der Waals surface area (Å²) in [5.74, 6) is -1.52. The number of nitrogens with zero attached hydrogens (tertiary/aromatic N) is 3. The van der Waals surface area contributed by atoms with Crippen LogP contribution >= 0.6 is 15.9 Å². The van der Waals surface area contributed by atoms with Gasteiger partial charge in [-0.1, -0.05) is 0 Å². The Labute approximate surface area is 114 Å². The molecule has 98 valence electrons. The third kappa shape index (κ3) is 3.46. The summed E-state index contributed by atoms with van der Waals surface area (Å²) in [5.41, 5.74) is 6.13. The summed E-state index contributed by atoms with van der Waals surface area (Å²) in [6, 6.07) is 3.32. The molecule has 0 saturated heterocycles. The number of nitriles is 1. The number of hydrazone groups is 1. The summed E-state index contributed by atoms with van der Waals surface area (Å²) >= 11 is 2.91. The zero-order chi connectivity index (χ0) is 14.6. The summed E-state index contributed by atoms with van der Waals surface area (Å²) in [5, 5.41) is 29.6. The summed E-state index contributed by atoms with van der Waals surface area (Å²) < 4.78 is 13.6. The van der Waals surface area contributed by atoms with Gasteiger partial charge in [-0.3, -0.25) is 20.9 Å². The van der Waals surface area contributed by atoms with Crippen LogP contribution in [0.4, 0.5) is 15.8 Å². The van der Waals surface area contributed by atoms with Crippen LogP contribution in [-0.4, -0.2) is 16.5 Å². The normalized spacial score (nSPS) is 10.7. The lowest BCUT2D eigenvalue weighted by atomic mass is 10.3. The zero-order valence-corrected chi connectivity index (χ0v) is 10.7. The van der Waals surface area contributed by atoms with E-state index in [1.807, 2.05) is 0 Å². The Bertz CT molecular complexity index is 624. The minimum atomic E-state index is -0.931. The number of nitrogens with one attached hydrogen (secondary N) is 2. The van der Waals surface area contributed by atoms with E-state index >= 15 is 0 Å². The van der Waals surface area contributed by atoms with Gasteiger partial charge in [-0.2, -0.15) is 10.4 Å². The van der Waals surface area contributed by atoms with Crippen molar-refractivity contribution in [2.24, 2.45) is 10.8 Å². The predicted octanol–water partition coefficient (Wildman–Crippen LogP) is 1.72. The lowest BCUT2D eigenvalue weighted by Crippen LogP contribution is -2.22. The van der Waals surface area contributed by atoms with Gasteiger partial charge in [-0.25, -0.2) is 4.39 Å². The maximum Gasteiger partial charge on any atom is 0.286 e. The number of amidine groups is 1. The molecule has 8 nitrogen and oxygen atoms in total. The van der Waals surface area contributed by atoms with Gasteiger partial charge >= 0.3 is 0 Å². The maximum absolute atomic E-state index is 13.5. The Morgan fingerprint density at radius 2 is 2.32 bits per heavy atom. The number of nitro benzene ring substituents is 1. The van der Waals surface area contributed by atoms with Crippen LogP contribution in [0.2, 0.25) is 0 Å². The van der Waals surface area contributed by atoms with Crippen molar-refractivity contribution in [3.63, 3.8) is 0 Å². The second-order valence-electron chi connectivity index (χ2n) is 3.14. The largest absolute Gasteiger partial charge is 0.382 e. The number of anilines is 1. The van der Waals surface area contributed by atoms with Crippen molar-refractivity contribution in [3.8, 4) is 6.07 Å². The van der Waals surface area contributed by atoms with Gasteiger partial charge in [0.15, 0.2) is 11.7 Å². The van der Waals surface area contributed by atoms with Gasteiger partial charge in [0.2, 0.25) is 5.71 Å². The molecule has 1 aromatic carbocycles. The van der Waals surface area contributed by atoms with E-state index in [2.05, 4.69) is 26.5 Å². The standard InChI is InChI=1S/C9H6BrFN6O2/c10-4-1-6(5(11)2-8(4)17(18)19)15-16-7(3-12)9(13)14/h1-2,15H,(H3,13,14)/b16-7+. The molecule has 0 atom stereocenters. The van der Waals surface area contributed by atoms with Gasteiger partial charge in [-0.05, 0) is 22.0 Å². The first-order valence-corrected chi connectivity index (χ1v) is 5.37. The van der Waals surface area contributed by atoms with Crippen LogP contribution in [0.5, 0.6) is 0 Å². The molecule has 0 fully saturated rings. The number of rotatable bonds is 4. The van der Waals surface area contributed by atoms with Crippen molar-refractivity contribution >= 4 is 38.9 Å². The van der Waals surface area contributed by atoms with Crippen LogP contribution < -0.4 is 11.2 Å². The van der Waals surface area contributed by atoms with Crippen molar-refractivity contribution in [2.75, 3.05) is 5.43 Å².